The monoisotopic (exact) mass is 654 g/mol. The molecular formula is C36H43FN8O3. The van der Waals surface area contributed by atoms with Gasteiger partial charge in [0.2, 0.25) is 5.88 Å². The molecule has 11 nitrogen and oxygen atoms in total. The zero-order valence-corrected chi connectivity index (χ0v) is 27.7. The standard InChI is InChI=1S/C36H43FN8O3/c1-21(30-15-23(37)20-44(30)2)47-35-27-19-41-45(24-9-13-46-14-12-40-18-24)31(27)16-29(42-35)33-25-6-4-11-36(34(25)48-43-33)10-3-5-22-7-8-28(39)26(17-38)32(22)36/h7-8,16,19,21,23-24,30,40H,3-6,9-15,18,20,39H2,1-2H3/t21-,23+,24-,30-,36+/m0/s1. The number of ether oxygens (including phenoxy) is 2. The Morgan fingerprint density at radius 3 is 2.90 bits per heavy atom. The molecule has 8 rings (SSSR count). The molecule has 0 unspecified atom stereocenters. The molecule has 0 radical (unpaired) electrons. The number of halogens is 1. The van der Waals surface area contributed by atoms with E-state index in [2.05, 4.69) is 17.5 Å². The van der Waals surface area contributed by atoms with Crippen molar-refractivity contribution in [3.05, 3.63) is 52.4 Å². The number of fused-ring (bicyclic) bond motifs is 5. The maximum atomic E-state index is 14.4. The Kier molecular flexibility index (Phi) is 8.09. The number of aromatic nitrogens is 4. The van der Waals surface area contributed by atoms with Crippen LogP contribution in [0.1, 0.15) is 79.5 Å². The molecule has 5 heterocycles. The Hall–Kier alpha value is -4.05. The van der Waals surface area contributed by atoms with E-state index in [9.17, 15) is 9.65 Å². The van der Waals surface area contributed by atoms with E-state index in [4.69, 9.17) is 35.0 Å². The van der Waals surface area contributed by atoms with Gasteiger partial charge < -0.3 is 25.0 Å². The molecule has 1 spiro atoms. The first-order chi connectivity index (χ1) is 23.4. The van der Waals surface area contributed by atoms with Crippen molar-refractivity contribution in [3.8, 4) is 23.3 Å². The van der Waals surface area contributed by atoms with Crippen LogP contribution in [-0.2, 0) is 23.0 Å². The highest BCUT2D eigenvalue weighted by molar-refractivity contribution is 5.87. The van der Waals surface area contributed by atoms with E-state index in [1.165, 1.54) is 0 Å². The molecule has 5 atom stereocenters. The van der Waals surface area contributed by atoms with Crippen molar-refractivity contribution in [1.82, 2.24) is 30.1 Å². The van der Waals surface area contributed by atoms with Gasteiger partial charge in [-0.15, -0.1) is 0 Å². The lowest BCUT2D eigenvalue weighted by Crippen LogP contribution is -2.38. The molecular weight excluding hydrogens is 611 g/mol. The van der Waals surface area contributed by atoms with Crippen LogP contribution in [0, 0.1) is 11.3 Å². The molecule has 3 N–H and O–H groups in total. The summed E-state index contributed by atoms with van der Waals surface area (Å²) in [6, 6.07) is 8.38. The molecule has 4 aliphatic rings. The molecule has 2 saturated heterocycles. The van der Waals surface area contributed by atoms with E-state index in [-0.39, 0.29) is 18.2 Å². The molecule has 1 aromatic carbocycles. The van der Waals surface area contributed by atoms with Gasteiger partial charge in [-0.3, -0.25) is 9.58 Å². The van der Waals surface area contributed by atoms with Crippen LogP contribution >= 0.6 is 0 Å². The average Bonchev–Trinajstić information content (AvgIpc) is 3.78. The average molecular weight is 655 g/mol. The van der Waals surface area contributed by atoms with Crippen LogP contribution < -0.4 is 15.8 Å². The summed E-state index contributed by atoms with van der Waals surface area (Å²) in [4.78, 5) is 7.13. The van der Waals surface area contributed by atoms with Crippen LogP contribution in [0.3, 0.4) is 0 Å². The van der Waals surface area contributed by atoms with Crippen molar-refractivity contribution < 1.29 is 18.4 Å². The number of aryl methyl sites for hydroxylation is 1. The normalized spacial score (nSPS) is 26.8. The van der Waals surface area contributed by atoms with Crippen LogP contribution in [-0.4, -0.2) is 83.0 Å². The van der Waals surface area contributed by atoms with E-state index in [0.717, 1.165) is 91.4 Å². The van der Waals surface area contributed by atoms with Gasteiger partial charge in [-0.1, -0.05) is 11.2 Å². The summed E-state index contributed by atoms with van der Waals surface area (Å²) >= 11 is 0. The van der Waals surface area contributed by atoms with Gasteiger partial charge in [-0.25, -0.2) is 9.37 Å². The molecule has 3 aromatic heterocycles. The molecule has 0 amide bonds. The molecule has 2 aliphatic carbocycles. The van der Waals surface area contributed by atoms with Gasteiger partial charge in [0, 0.05) is 43.5 Å². The summed E-state index contributed by atoms with van der Waals surface area (Å²) in [7, 11) is 1.94. The Labute approximate surface area is 279 Å². The van der Waals surface area contributed by atoms with Crippen molar-refractivity contribution >= 4 is 16.6 Å². The molecule has 12 heteroatoms. The van der Waals surface area contributed by atoms with Gasteiger partial charge >= 0.3 is 0 Å². The number of alkyl halides is 1. The second kappa shape index (κ2) is 12.4. The molecule has 4 aromatic rings. The first-order valence-corrected chi connectivity index (χ1v) is 17.4. The minimum atomic E-state index is -0.877. The number of nitrogens with one attached hydrogen (secondary N) is 1. The van der Waals surface area contributed by atoms with Crippen molar-refractivity contribution in [2.45, 2.75) is 88.1 Å². The van der Waals surface area contributed by atoms with Gasteiger partial charge in [0.05, 0.1) is 46.4 Å². The van der Waals surface area contributed by atoms with E-state index in [1.54, 1.807) is 0 Å². The molecule has 48 heavy (non-hydrogen) atoms. The number of anilines is 1. The molecule has 0 bridgehead atoms. The highest BCUT2D eigenvalue weighted by Gasteiger charge is 2.48. The third-order valence-electron chi connectivity index (χ3n) is 11.2. The number of nitriles is 1. The predicted molar refractivity (Wildman–Crippen MR) is 179 cm³/mol. The fourth-order valence-electron chi connectivity index (χ4n) is 8.85. The number of pyridine rings is 1. The highest BCUT2D eigenvalue weighted by atomic mass is 19.1. The number of likely N-dealkylation sites (N-methyl/N-ethyl adjacent to an activating group) is 1. The number of nitrogens with two attached hydrogens (primary N) is 1. The quantitative estimate of drug-likeness (QED) is 0.287. The van der Waals surface area contributed by atoms with Crippen LogP contribution in [0.5, 0.6) is 5.88 Å². The lowest BCUT2D eigenvalue weighted by atomic mass is 9.61. The van der Waals surface area contributed by atoms with Crippen LogP contribution in [0.25, 0.3) is 22.3 Å². The highest BCUT2D eigenvalue weighted by Crippen LogP contribution is 2.53. The summed E-state index contributed by atoms with van der Waals surface area (Å²) in [6.07, 6.45) is 7.22. The van der Waals surface area contributed by atoms with Gasteiger partial charge in [0.1, 0.15) is 24.0 Å². The zero-order chi connectivity index (χ0) is 33.0. The van der Waals surface area contributed by atoms with Crippen molar-refractivity contribution in [3.63, 3.8) is 0 Å². The van der Waals surface area contributed by atoms with Crippen LogP contribution in [0.4, 0.5) is 10.1 Å². The predicted octanol–water partition coefficient (Wildman–Crippen LogP) is 4.86. The van der Waals surface area contributed by atoms with Crippen molar-refractivity contribution in [2.75, 3.05) is 45.6 Å². The molecule has 252 valence electrons. The maximum absolute atomic E-state index is 14.4. The minimum absolute atomic E-state index is 0.0691. The lowest BCUT2D eigenvalue weighted by molar-refractivity contribution is 0.108. The minimum Gasteiger partial charge on any atom is -0.472 e. The third kappa shape index (κ3) is 5.14. The SMILES string of the molecule is C[C@H](Oc1nc(-c2noc3c2CCC[C@@]32CCCc3ccc(N)c(C#N)c32)cc2c1cnn2[C@H]1CCOCCNC1)[C@@H]1C[C@@H](F)CN1C. The Balaban J connectivity index is 1.25. The summed E-state index contributed by atoms with van der Waals surface area (Å²) in [5.74, 6) is 1.28. The fourth-order valence-corrected chi connectivity index (χ4v) is 8.85. The van der Waals surface area contributed by atoms with Gasteiger partial charge in [-0.05, 0) is 88.6 Å². The summed E-state index contributed by atoms with van der Waals surface area (Å²) < 4.78 is 35.2. The largest absolute Gasteiger partial charge is 0.472 e. The first kappa shape index (κ1) is 31.2. The zero-order valence-electron chi connectivity index (χ0n) is 27.7. The molecule has 0 saturated carbocycles. The number of benzene rings is 1. The van der Waals surface area contributed by atoms with Gasteiger partial charge in [-0.2, -0.15) is 10.4 Å². The van der Waals surface area contributed by atoms with E-state index in [1.807, 2.05) is 41.9 Å². The third-order valence-corrected chi connectivity index (χ3v) is 11.2. The maximum Gasteiger partial charge on any atom is 0.225 e. The Morgan fingerprint density at radius 1 is 1.23 bits per heavy atom. The number of nitrogens with zero attached hydrogens (tertiary/aromatic N) is 6. The van der Waals surface area contributed by atoms with E-state index >= 15 is 0 Å². The van der Waals surface area contributed by atoms with E-state index in [0.29, 0.717) is 54.7 Å². The summed E-state index contributed by atoms with van der Waals surface area (Å²) in [5, 5.41) is 24.1. The molecule has 2 aliphatic heterocycles. The summed E-state index contributed by atoms with van der Waals surface area (Å²) in [5.41, 5.74) is 12.4. The number of likely N-dealkylation sites (tertiary alicyclic amines) is 1. The second-order valence-corrected chi connectivity index (χ2v) is 14.1. The van der Waals surface area contributed by atoms with Gasteiger partial charge in [0.15, 0.2) is 5.76 Å². The fraction of sp³-hybridized carbons (Fsp3) is 0.556. The van der Waals surface area contributed by atoms with Crippen molar-refractivity contribution in [2.24, 2.45) is 0 Å². The Morgan fingerprint density at radius 2 is 2.08 bits per heavy atom. The topological polar surface area (TPSA) is 140 Å². The van der Waals surface area contributed by atoms with E-state index < -0.39 is 11.6 Å². The van der Waals surface area contributed by atoms with Crippen molar-refractivity contribution in [1.29, 1.82) is 5.26 Å². The second-order valence-electron chi connectivity index (χ2n) is 14.1. The molecule has 2 fully saturated rings. The van der Waals surface area contributed by atoms with Crippen LogP contribution in [0.2, 0.25) is 0 Å². The van der Waals surface area contributed by atoms with Crippen LogP contribution in [0.15, 0.2) is 28.9 Å². The smallest absolute Gasteiger partial charge is 0.225 e. The Bertz CT molecular complexity index is 1870. The first-order valence-electron chi connectivity index (χ1n) is 17.4. The number of hydrogen-bond acceptors (Lipinski definition) is 10. The summed E-state index contributed by atoms with van der Waals surface area (Å²) in [6.45, 7) is 5.28. The number of hydrogen-bond donors (Lipinski definition) is 2. The lowest BCUT2D eigenvalue weighted by Gasteiger charge is -2.41. The number of rotatable bonds is 5. The van der Waals surface area contributed by atoms with Gasteiger partial charge in [0.25, 0.3) is 0 Å². The number of nitrogen functional groups attached to an aromatic ring is 1.